The molecule has 0 saturated carbocycles. The molecular weight excluding hydrogens is 246 g/mol. The molecule has 2 aromatic heterocycles. The lowest BCUT2D eigenvalue weighted by Gasteiger charge is -2.09. The van der Waals surface area contributed by atoms with E-state index < -0.39 is 0 Å². The molecule has 0 saturated heterocycles. The standard InChI is InChI=1S/C17H17N3/c1-2-6-14-10-15(9-13(14)5-1)18-11-16-12-20-8-4-3-7-17(20)19-16/h1-8,12,15,18H,9-11H2. The molecule has 0 aliphatic heterocycles. The van der Waals surface area contributed by atoms with E-state index in [9.17, 15) is 0 Å². The highest BCUT2D eigenvalue weighted by Crippen LogP contribution is 2.21. The maximum Gasteiger partial charge on any atom is 0.137 e. The van der Waals surface area contributed by atoms with Gasteiger partial charge in [-0.3, -0.25) is 0 Å². The predicted molar refractivity (Wildman–Crippen MR) is 79.7 cm³/mol. The van der Waals surface area contributed by atoms with E-state index in [0.29, 0.717) is 6.04 Å². The van der Waals surface area contributed by atoms with Crippen LogP contribution in [0.2, 0.25) is 0 Å². The van der Waals surface area contributed by atoms with Gasteiger partial charge in [-0.15, -0.1) is 0 Å². The van der Waals surface area contributed by atoms with Crippen molar-refractivity contribution >= 4 is 5.65 Å². The minimum atomic E-state index is 0.539. The molecule has 3 aromatic rings. The largest absolute Gasteiger partial charge is 0.308 e. The third-order valence-electron chi connectivity index (χ3n) is 4.04. The summed E-state index contributed by atoms with van der Waals surface area (Å²) in [5, 5.41) is 3.63. The number of fused-ring (bicyclic) bond motifs is 2. The third-order valence-corrected chi connectivity index (χ3v) is 4.04. The number of imidazole rings is 1. The lowest BCUT2D eigenvalue weighted by atomic mass is 10.1. The predicted octanol–water partition coefficient (Wildman–Crippen LogP) is 2.59. The van der Waals surface area contributed by atoms with Gasteiger partial charge in [-0.1, -0.05) is 30.3 Å². The van der Waals surface area contributed by atoms with Crippen molar-refractivity contribution in [2.45, 2.75) is 25.4 Å². The highest BCUT2D eigenvalue weighted by atomic mass is 15.0. The molecule has 0 unspecified atom stereocenters. The number of hydrogen-bond acceptors (Lipinski definition) is 2. The van der Waals surface area contributed by atoms with Crippen molar-refractivity contribution in [3.8, 4) is 0 Å². The third kappa shape index (κ3) is 2.10. The number of aromatic nitrogens is 2. The second kappa shape index (κ2) is 4.76. The summed E-state index contributed by atoms with van der Waals surface area (Å²) in [5.41, 5.74) is 5.09. The number of benzene rings is 1. The molecular formula is C17H17N3. The Morgan fingerprint density at radius 2 is 1.80 bits per heavy atom. The Hall–Kier alpha value is -2.13. The zero-order valence-electron chi connectivity index (χ0n) is 11.3. The highest BCUT2D eigenvalue weighted by molar-refractivity contribution is 5.39. The Morgan fingerprint density at radius 3 is 2.55 bits per heavy atom. The van der Waals surface area contributed by atoms with Gasteiger partial charge in [0, 0.05) is 25.0 Å². The summed E-state index contributed by atoms with van der Waals surface area (Å²) >= 11 is 0. The average Bonchev–Trinajstić information content (AvgIpc) is 3.07. The van der Waals surface area contributed by atoms with Gasteiger partial charge < -0.3 is 9.72 Å². The van der Waals surface area contributed by atoms with Crippen LogP contribution in [-0.4, -0.2) is 15.4 Å². The van der Waals surface area contributed by atoms with Crippen LogP contribution < -0.4 is 5.32 Å². The first kappa shape index (κ1) is 11.7. The lowest BCUT2D eigenvalue weighted by Crippen LogP contribution is -2.29. The fraction of sp³-hybridized carbons (Fsp3) is 0.235. The molecule has 1 N–H and O–H groups in total. The first-order valence-electron chi connectivity index (χ1n) is 7.11. The number of nitrogens with zero attached hydrogens (tertiary/aromatic N) is 2. The first-order valence-corrected chi connectivity index (χ1v) is 7.11. The molecule has 1 aliphatic rings. The molecule has 1 aromatic carbocycles. The molecule has 0 fully saturated rings. The van der Waals surface area contributed by atoms with Crippen LogP contribution in [0.15, 0.2) is 54.9 Å². The van der Waals surface area contributed by atoms with Crippen molar-refractivity contribution in [1.82, 2.24) is 14.7 Å². The quantitative estimate of drug-likeness (QED) is 0.787. The van der Waals surface area contributed by atoms with Gasteiger partial charge in [0.15, 0.2) is 0 Å². The number of rotatable bonds is 3. The van der Waals surface area contributed by atoms with Crippen molar-refractivity contribution in [3.05, 3.63) is 71.7 Å². The van der Waals surface area contributed by atoms with Crippen LogP contribution in [-0.2, 0) is 19.4 Å². The lowest BCUT2D eigenvalue weighted by molar-refractivity contribution is 0.529. The Morgan fingerprint density at radius 1 is 1.05 bits per heavy atom. The molecule has 0 radical (unpaired) electrons. The normalized spacial score (nSPS) is 14.8. The Kier molecular flexibility index (Phi) is 2.78. The van der Waals surface area contributed by atoms with E-state index in [4.69, 9.17) is 0 Å². The van der Waals surface area contributed by atoms with Gasteiger partial charge >= 0.3 is 0 Å². The van der Waals surface area contributed by atoms with Gasteiger partial charge in [-0.25, -0.2) is 4.98 Å². The zero-order valence-corrected chi connectivity index (χ0v) is 11.3. The summed E-state index contributed by atoms with van der Waals surface area (Å²) in [7, 11) is 0. The second-order valence-electron chi connectivity index (χ2n) is 5.45. The van der Waals surface area contributed by atoms with Crippen LogP contribution >= 0.6 is 0 Å². The number of nitrogens with one attached hydrogen (secondary N) is 1. The maximum absolute atomic E-state index is 4.62. The molecule has 1 aliphatic carbocycles. The molecule has 3 nitrogen and oxygen atoms in total. The Bertz CT molecular complexity index is 687. The molecule has 0 atom stereocenters. The summed E-state index contributed by atoms with van der Waals surface area (Å²) in [4.78, 5) is 4.62. The summed E-state index contributed by atoms with van der Waals surface area (Å²) in [6.07, 6.45) is 6.40. The van der Waals surface area contributed by atoms with Gasteiger partial charge in [-0.05, 0) is 36.1 Å². The van der Waals surface area contributed by atoms with Gasteiger partial charge in [0.05, 0.1) is 5.69 Å². The molecule has 0 bridgehead atoms. The Labute approximate surface area is 118 Å². The zero-order chi connectivity index (χ0) is 13.4. The van der Waals surface area contributed by atoms with Crippen LogP contribution in [0.4, 0.5) is 0 Å². The van der Waals surface area contributed by atoms with Gasteiger partial charge in [-0.2, -0.15) is 0 Å². The SMILES string of the molecule is c1ccc2c(c1)CC(NCc1cn3ccccc3n1)C2. The van der Waals surface area contributed by atoms with Crippen LogP contribution in [0.1, 0.15) is 16.8 Å². The molecule has 100 valence electrons. The van der Waals surface area contributed by atoms with Gasteiger partial charge in [0.1, 0.15) is 5.65 Å². The fourth-order valence-electron chi connectivity index (χ4n) is 3.02. The molecule has 3 heteroatoms. The van der Waals surface area contributed by atoms with Crippen molar-refractivity contribution in [2.24, 2.45) is 0 Å². The van der Waals surface area contributed by atoms with Crippen molar-refractivity contribution < 1.29 is 0 Å². The first-order chi connectivity index (χ1) is 9.88. The van der Waals surface area contributed by atoms with Crippen molar-refractivity contribution in [3.63, 3.8) is 0 Å². The molecule has 20 heavy (non-hydrogen) atoms. The smallest absolute Gasteiger partial charge is 0.137 e. The van der Waals surface area contributed by atoms with E-state index in [-0.39, 0.29) is 0 Å². The summed E-state index contributed by atoms with van der Waals surface area (Å²) in [6.45, 7) is 0.834. The maximum atomic E-state index is 4.62. The van der Waals surface area contributed by atoms with Crippen LogP contribution in [0.3, 0.4) is 0 Å². The van der Waals surface area contributed by atoms with E-state index in [2.05, 4.69) is 45.2 Å². The van der Waals surface area contributed by atoms with E-state index in [1.165, 1.54) is 11.1 Å². The van der Waals surface area contributed by atoms with E-state index in [1.807, 2.05) is 24.4 Å². The monoisotopic (exact) mass is 263 g/mol. The highest BCUT2D eigenvalue weighted by Gasteiger charge is 2.20. The molecule has 4 rings (SSSR count). The summed E-state index contributed by atoms with van der Waals surface area (Å²) in [5.74, 6) is 0. The molecule has 0 spiro atoms. The Balaban J connectivity index is 1.44. The fourth-order valence-corrected chi connectivity index (χ4v) is 3.02. The van der Waals surface area contributed by atoms with Gasteiger partial charge in [0.25, 0.3) is 0 Å². The van der Waals surface area contributed by atoms with Crippen LogP contribution in [0.25, 0.3) is 5.65 Å². The topological polar surface area (TPSA) is 29.3 Å². The minimum Gasteiger partial charge on any atom is -0.308 e. The van der Waals surface area contributed by atoms with Crippen LogP contribution in [0, 0.1) is 0 Å². The van der Waals surface area contributed by atoms with Gasteiger partial charge in [0.2, 0.25) is 0 Å². The van der Waals surface area contributed by atoms with E-state index >= 15 is 0 Å². The minimum absolute atomic E-state index is 0.539. The molecule has 0 amide bonds. The van der Waals surface area contributed by atoms with Crippen molar-refractivity contribution in [2.75, 3.05) is 0 Å². The average molecular weight is 263 g/mol. The number of pyridine rings is 1. The summed E-state index contributed by atoms with van der Waals surface area (Å²) in [6, 6.07) is 15.4. The van der Waals surface area contributed by atoms with Crippen molar-refractivity contribution in [1.29, 1.82) is 0 Å². The molecule has 2 heterocycles. The summed E-state index contributed by atoms with van der Waals surface area (Å²) < 4.78 is 2.07. The van der Waals surface area contributed by atoms with E-state index in [0.717, 1.165) is 30.7 Å². The van der Waals surface area contributed by atoms with Crippen LogP contribution in [0.5, 0.6) is 0 Å². The number of hydrogen-bond donors (Lipinski definition) is 1. The second-order valence-corrected chi connectivity index (χ2v) is 5.45. The van der Waals surface area contributed by atoms with E-state index in [1.54, 1.807) is 0 Å².